The smallest absolute Gasteiger partial charge is 0.226 e. The molecule has 36 heavy (non-hydrogen) atoms. The van der Waals surface area contributed by atoms with Gasteiger partial charge in [-0.1, -0.05) is 61.5 Å². The number of anilines is 1. The molecular weight excluding hydrogens is 468 g/mol. The van der Waals surface area contributed by atoms with Crippen LogP contribution >= 0.6 is 12.2 Å². The van der Waals surface area contributed by atoms with E-state index in [1.807, 2.05) is 89.8 Å². The summed E-state index contributed by atoms with van der Waals surface area (Å²) in [7, 11) is 0. The maximum atomic E-state index is 12.9. The number of furan rings is 1. The Labute approximate surface area is 216 Å². The number of aromatic nitrogens is 1. The first-order chi connectivity index (χ1) is 17.6. The van der Waals surface area contributed by atoms with Crippen molar-refractivity contribution in [3.8, 4) is 11.3 Å². The van der Waals surface area contributed by atoms with Gasteiger partial charge in [-0.05, 0) is 54.5 Å². The van der Waals surface area contributed by atoms with Crippen LogP contribution in [0.15, 0.2) is 95.5 Å². The minimum absolute atomic E-state index is 0.0526. The number of nitrogens with one attached hydrogen (secondary N) is 2. The third-order valence-electron chi connectivity index (χ3n) is 6.43. The fourth-order valence-corrected chi connectivity index (χ4v) is 4.94. The van der Waals surface area contributed by atoms with Crippen molar-refractivity contribution in [2.24, 2.45) is 0 Å². The van der Waals surface area contributed by atoms with Gasteiger partial charge in [0.25, 0.3) is 0 Å². The second-order valence-corrected chi connectivity index (χ2v) is 9.08. The highest BCUT2D eigenvalue weighted by Crippen LogP contribution is 2.40. The van der Waals surface area contributed by atoms with Crippen LogP contribution in [0.25, 0.3) is 11.3 Å². The molecule has 7 heteroatoms. The van der Waals surface area contributed by atoms with Gasteiger partial charge in [0.05, 0.1) is 11.7 Å². The molecular formula is C29H28N4O2S. The van der Waals surface area contributed by atoms with Crippen molar-refractivity contribution in [3.05, 3.63) is 108 Å². The van der Waals surface area contributed by atoms with Crippen LogP contribution in [-0.2, 0) is 11.2 Å². The Morgan fingerprint density at radius 1 is 1.03 bits per heavy atom. The zero-order valence-corrected chi connectivity index (χ0v) is 20.9. The van der Waals surface area contributed by atoms with E-state index in [0.29, 0.717) is 11.7 Å². The van der Waals surface area contributed by atoms with Gasteiger partial charge in [-0.2, -0.15) is 0 Å². The van der Waals surface area contributed by atoms with Crippen molar-refractivity contribution in [2.45, 2.75) is 31.8 Å². The Bertz CT molecular complexity index is 1340. The molecule has 2 aromatic carbocycles. The fourth-order valence-electron chi connectivity index (χ4n) is 4.61. The van der Waals surface area contributed by atoms with E-state index in [9.17, 15) is 4.79 Å². The molecule has 1 saturated heterocycles. The predicted octanol–water partition coefficient (Wildman–Crippen LogP) is 5.91. The molecule has 0 bridgehead atoms. The van der Waals surface area contributed by atoms with Gasteiger partial charge in [0.15, 0.2) is 5.11 Å². The Balaban J connectivity index is 1.39. The number of hydrogen-bond acceptors (Lipinski definition) is 4. The zero-order valence-electron chi connectivity index (χ0n) is 20.1. The van der Waals surface area contributed by atoms with Crippen LogP contribution in [-0.4, -0.2) is 27.4 Å². The molecule has 2 aromatic heterocycles. The van der Waals surface area contributed by atoms with Gasteiger partial charge in [-0.25, -0.2) is 0 Å². The standard InChI is InChI=1S/C29H28N4O2S/c1-2-20-10-6-7-13-22(20)31-26(34)17-19-33-28(27(32-29(33)36)23-14-8-9-18-30-23)25-16-15-24(35-25)21-11-4-3-5-12-21/h3-16,18,27-28H,2,17,19H2,1H3,(H,31,34)(H,32,36). The summed E-state index contributed by atoms with van der Waals surface area (Å²) in [5, 5.41) is 7.05. The molecule has 4 aromatic rings. The lowest BCUT2D eigenvalue weighted by Gasteiger charge is -2.26. The molecule has 1 aliphatic rings. The Kier molecular flexibility index (Phi) is 7.09. The van der Waals surface area contributed by atoms with E-state index in [-0.39, 0.29) is 24.4 Å². The summed E-state index contributed by atoms with van der Waals surface area (Å²) < 4.78 is 6.35. The maximum absolute atomic E-state index is 12.9. The Hall–Kier alpha value is -3.97. The second kappa shape index (κ2) is 10.7. The number of hydrogen-bond donors (Lipinski definition) is 2. The molecule has 2 unspecified atom stereocenters. The summed E-state index contributed by atoms with van der Waals surface area (Å²) >= 11 is 5.73. The number of carbonyl (C=O) groups is 1. The highest BCUT2D eigenvalue weighted by atomic mass is 32.1. The number of rotatable bonds is 8. The molecule has 0 aliphatic carbocycles. The summed E-state index contributed by atoms with van der Waals surface area (Å²) in [6, 6.07) is 27.3. The molecule has 1 fully saturated rings. The summed E-state index contributed by atoms with van der Waals surface area (Å²) in [4.78, 5) is 19.5. The molecule has 6 nitrogen and oxygen atoms in total. The molecule has 0 saturated carbocycles. The molecule has 0 radical (unpaired) electrons. The Morgan fingerprint density at radius 3 is 2.58 bits per heavy atom. The van der Waals surface area contributed by atoms with Crippen molar-refractivity contribution in [2.75, 3.05) is 11.9 Å². The first-order valence-electron chi connectivity index (χ1n) is 12.1. The van der Waals surface area contributed by atoms with Crippen LogP contribution in [0.5, 0.6) is 0 Å². The van der Waals surface area contributed by atoms with Gasteiger partial charge in [-0.15, -0.1) is 0 Å². The number of nitrogens with zero attached hydrogens (tertiary/aromatic N) is 2. The molecule has 182 valence electrons. The lowest BCUT2D eigenvalue weighted by atomic mass is 10.0. The highest BCUT2D eigenvalue weighted by molar-refractivity contribution is 7.80. The van der Waals surface area contributed by atoms with Gasteiger partial charge in [0, 0.05) is 30.4 Å². The predicted molar refractivity (Wildman–Crippen MR) is 145 cm³/mol. The van der Waals surface area contributed by atoms with Gasteiger partial charge in [0.2, 0.25) is 5.91 Å². The van der Waals surface area contributed by atoms with Crippen LogP contribution in [0.4, 0.5) is 5.69 Å². The quantitative estimate of drug-likeness (QED) is 0.296. The second-order valence-electron chi connectivity index (χ2n) is 8.70. The van der Waals surface area contributed by atoms with Crippen LogP contribution in [0.1, 0.15) is 42.4 Å². The first kappa shape index (κ1) is 23.8. The van der Waals surface area contributed by atoms with Crippen molar-refractivity contribution in [1.82, 2.24) is 15.2 Å². The monoisotopic (exact) mass is 496 g/mol. The van der Waals surface area contributed by atoms with Crippen molar-refractivity contribution in [1.29, 1.82) is 0 Å². The number of amides is 1. The van der Waals surface area contributed by atoms with E-state index in [1.54, 1.807) is 6.20 Å². The molecule has 2 N–H and O–H groups in total. The van der Waals surface area contributed by atoms with Crippen molar-refractivity contribution < 1.29 is 9.21 Å². The Morgan fingerprint density at radius 2 is 1.81 bits per heavy atom. The highest BCUT2D eigenvalue weighted by Gasteiger charge is 2.41. The van der Waals surface area contributed by atoms with Gasteiger partial charge in [-0.3, -0.25) is 9.78 Å². The number of aryl methyl sites for hydroxylation is 1. The fraction of sp³-hybridized carbons (Fsp3) is 0.207. The maximum Gasteiger partial charge on any atom is 0.226 e. The minimum Gasteiger partial charge on any atom is -0.459 e. The van der Waals surface area contributed by atoms with E-state index in [0.717, 1.165) is 40.4 Å². The van der Waals surface area contributed by atoms with E-state index in [4.69, 9.17) is 16.6 Å². The van der Waals surface area contributed by atoms with Crippen molar-refractivity contribution >= 4 is 28.9 Å². The summed E-state index contributed by atoms with van der Waals surface area (Å²) in [5.41, 5.74) is 3.84. The third-order valence-corrected chi connectivity index (χ3v) is 6.78. The van der Waals surface area contributed by atoms with E-state index in [2.05, 4.69) is 22.5 Å². The molecule has 1 aliphatic heterocycles. The van der Waals surface area contributed by atoms with Crippen LogP contribution in [0.2, 0.25) is 0 Å². The molecule has 2 atom stereocenters. The summed E-state index contributed by atoms with van der Waals surface area (Å²) in [6.07, 6.45) is 2.92. The van der Waals surface area contributed by atoms with Gasteiger partial charge < -0.3 is 20.0 Å². The van der Waals surface area contributed by atoms with Crippen LogP contribution < -0.4 is 10.6 Å². The number of para-hydroxylation sites is 1. The van der Waals surface area contributed by atoms with Crippen molar-refractivity contribution in [3.63, 3.8) is 0 Å². The normalized spacial score (nSPS) is 17.1. The van der Waals surface area contributed by atoms with E-state index >= 15 is 0 Å². The third kappa shape index (κ3) is 5.02. The lowest BCUT2D eigenvalue weighted by Crippen LogP contribution is -2.32. The zero-order chi connectivity index (χ0) is 24.9. The number of pyridine rings is 1. The average Bonchev–Trinajstić information content (AvgIpc) is 3.53. The molecule has 3 heterocycles. The van der Waals surface area contributed by atoms with Crippen LogP contribution in [0, 0.1) is 0 Å². The largest absolute Gasteiger partial charge is 0.459 e. The average molecular weight is 497 g/mol. The number of thiocarbonyl (C=S) groups is 1. The van der Waals surface area contributed by atoms with Gasteiger partial charge in [0.1, 0.15) is 17.6 Å². The topological polar surface area (TPSA) is 70.4 Å². The molecule has 1 amide bonds. The van der Waals surface area contributed by atoms with E-state index in [1.165, 1.54) is 0 Å². The van der Waals surface area contributed by atoms with Gasteiger partial charge >= 0.3 is 0 Å². The first-order valence-corrected chi connectivity index (χ1v) is 12.6. The lowest BCUT2D eigenvalue weighted by molar-refractivity contribution is -0.116. The molecule has 0 spiro atoms. The number of carbonyl (C=O) groups excluding carboxylic acids is 1. The minimum atomic E-state index is -0.236. The number of benzene rings is 2. The summed E-state index contributed by atoms with van der Waals surface area (Å²) in [6.45, 7) is 2.52. The summed E-state index contributed by atoms with van der Waals surface area (Å²) in [5.74, 6) is 1.51. The molecule has 5 rings (SSSR count). The van der Waals surface area contributed by atoms with Crippen LogP contribution in [0.3, 0.4) is 0 Å². The van der Waals surface area contributed by atoms with E-state index < -0.39 is 0 Å². The SMILES string of the molecule is CCc1ccccc1NC(=O)CCN1C(=S)NC(c2ccccn2)C1c1ccc(-c2ccccc2)o1.